The van der Waals surface area contributed by atoms with Crippen LogP contribution in [0.25, 0.3) is 0 Å². The van der Waals surface area contributed by atoms with Gasteiger partial charge in [0.2, 0.25) is 0 Å². The van der Waals surface area contributed by atoms with Gasteiger partial charge in [0.1, 0.15) is 0 Å². The predicted molar refractivity (Wildman–Crippen MR) is 68.9 cm³/mol. The maximum atomic E-state index is 10.7. The fourth-order valence-electron chi connectivity index (χ4n) is 1.73. The number of carbonyl (C=O) groups excluding carboxylic acids is 1. The average molecular weight is 226 g/mol. The summed E-state index contributed by atoms with van der Waals surface area (Å²) in [7, 11) is 0. The second kappa shape index (κ2) is 5.16. The fraction of sp³-hybridized carbons (Fsp3) is 0.0714. The highest BCUT2D eigenvalue weighted by molar-refractivity contribution is 5.87. The average Bonchev–Trinajstić information content (AvgIpc) is 2.30. The summed E-state index contributed by atoms with van der Waals surface area (Å²) in [5, 5.41) is 2.57. The van der Waals surface area contributed by atoms with Gasteiger partial charge in [-0.25, -0.2) is 4.79 Å². The summed E-state index contributed by atoms with van der Waals surface area (Å²) in [6, 6.07) is 17.3. The molecule has 0 saturated carbocycles. The van der Waals surface area contributed by atoms with Crippen LogP contribution in [-0.4, -0.2) is 6.03 Å². The summed E-state index contributed by atoms with van der Waals surface area (Å²) in [5.74, 6) is 0. The van der Waals surface area contributed by atoms with Crippen LogP contribution in [-0.2, 0) is 6.42 Å². The number of hydrogen-bond donors (Lipinski definition) is 2. The van der Waals surface area contributed by atoms with Gasteiger partial charge in [0.05, 0.1) is 0 Å². The molecule has 3 heteroatoms. The highest BCUT2D eigenvalue weighted by atomic mass is 16.2. The van der Waals surface area contributed by atoms with Crippen molar-refractivity contribution in [2.24, 2.45) is 5.73 Å². The first-order chi connectivity index (χ1) is 8.24. The van der Waals surface area contributed by atoms with Crippen LogP contribution in [0.5, 0.6) is 0 Å². The van der Waals surface area contributed by atoms with E-state index >= 15 is 0 Å². The third-order valence-corrected chi connectivity index (χ3v) is 2.45. The van der Waals surface area contributed by atoms with Crippen molar-refractivity contribution in [2.75, 3.05) is 5.32 Å². The third-order valence-electron chi connectivity index (χ3n) is 2.45. The predicted octanol–water partition coefficient (Wildman–Crippen LogP) is 2.77. The maximum Gasteiger partial charge on any atom is 0.316 e. The van der Waals surface area contributed by atoms with Crippen molar-refractivity contribution in [1.82, 2.24) is 0 Å². The van der Waals surface area contributed by atoms with Crippen molar-refractivity contribution in [3.63, 3.8) is 0 Å². The summed E-state index contributed by atoms with van der Waals surface area (Å²) in [5.41, 5.74) is 8.19. The summed E-state index contributed by atoms with van der Waals surface area (Å²) < 4.78 is 0. The fourth-order valence-corrected chi connectivity index (χ4v) is 1.73. The van der Waals surface area contributed by atoms with E-state index in [1.165, 1.54) is 5.56 Å². The van der Waals surface area contributed by atoms with Gasteiger partial charge in [0.15, 0.2) is 0 Å². The number of anilines is 1. The first-order valence-corrected chi connectivity index (χ1v) is 5.43. The molecule has 0 aromatic heterocycles. The van der Waals surface area contributed by atoms with E-state index in [1.807, 2.05) is 42.5 Å². The Kier molecular flexibility index (Phi) is 3.40. The molecule has 17 heavy (non-hydrogen) atoms. The number of nitrogens with two attached hydrogens (primary N) is 1. The zero-order valence-corrected chi connectivity index (χ0v) is 9.39. The number of primary amides is 1. The number of amides is 2. The van der Waals surface area contributed by atoms with Gasteiger partial charge in [0, 0.05) is 5.69 Å². The highest BCUT2D eigenvalue weighted by Gasteiger charge is 1.99. The second-order valence-electron chi connectivity index (χ2n) is 3.85. The molecule has 0 heterocycles. The number of benzene rings is 2. The maximum absolute atomic E-state index is 10.7. The minimum atomic E-state index is -0.540. The Morgan fingerprint density at radius 3 is 2.41 bits per heavy atom. The number of carbonyl (C=O) groups is 1. The summed E-state index contributed by atoms with van der Waals surface area (Å²) in [4.78, 5) is 10.7. The van der Waals surface area contributed by atoms with Gasteiger partial charge in [-0.15, -0.1) is 0 Å². The molecule has 0 aliphatic rings. The SMILES string of the molecule is NC(=O)Nc1cccc(Cc2ccccc2)c1. The Labute approximate surface area is 100 Å². The number of hydrogen-bond acceptors (Lipinski definition) is 1. The molecule has 0 atom stereocenters. The number of nitrogens with one attached hydrogen (secondary N) is 1. The monoisotopic (exact) mass is 226 g/mol. The lowest BCUT2D eigenvalue weighted by atomic mass is 10.0. The van der Waals surface area contributed by atoms with Crippen LogP contribution in [0.2, 0.25) is 0 Å². The summed E-state index contributed by atoms with van der Waals surface area (Å²) in [6.07, 6.45) is 0.842. The lowest BCUT2D eigenvalue weighted by Crippen LogP contribution is -2.19. The lowest BCUT2D eigenvalue weighted by molar-refractivity contribution is 0.259. The molecule has 0 aliphatic carbocycles. The Morgan fingerprint density at radius 2 is 1.71 bits per heavy atom. The molecule has 2 rings (SSSR count). The van der Waals surface area contributed by atoms with Gasteiger partial charge < -0.3 is 11.1 Å². The zero-order chi connectivity index (χ0) is 12.1. The van der Waals surface area contributed by atoms with E-state index in [0.29, 0.717) is 0 Å². The molecule has 2 aromatic carbocycles. The van der Waals surface area contributed by atoms with Crippen LogP contribution in [0.15, 0.2) is 54.6 Å². The second-order valence-corrected chi connectivity index (χ2v) is 3.85. The minimum Gasteiger partial charge on any atom is -0.351 e. The molecule has 2 amide bonds. The Balaban J connectivity index is 2.14. The summed E-state index contributed by atoms with van der Waals surface area (Å²) in [6.45, 7) is 0. The Morgan fingerprint density at radius 1 is 1.00 bits per heavy atom. The van der Waals surface area contributed by atoms with E-state index in [-0.39, 0.29) is 0 Å². The molecule has 0 spiro atoms. The lowest BCUT2D eigenvalue weighted by Gasteiger charge is -2.05. The van der Waals surface area contributed by atoms with Gasteiger partial charge in [-0.3, -0.25) is 0 Å². The minimum absolute atomic E-state index is 0.540. The smallest absolute Gasteiger partial charge is 0.316 e. The molecule has 0 aliphatic heterocycles. The third kappa shape index (κ3) is 3.34. The molecular formula is C14H14N2O. The Hall–Kier alpha value is -2.29. The van der Waals surface area contributed by atoms with E-state index in [4.69, 9.17) is 5.73 Å². The number of urea groups is 1. The van der Waals surface area contributed by atoms with Crippen LogP contribution in [0, 0.1) is 0 Å². The van der Waals surface area contributed by atoms with Crippen LogP contribution in [0.4, 0.5) is 10.5 Å². The Bertz CT molecular complexity index is 509. The largest absolute Gasteiger partial charge is 0.351 e. The number of rotatable bonds is 3. The van der Waals surface area contributed by atoms with E-state index < -0.39 is 6.03 Å². The van der Waals surface area contributed by atoms with Crippen molar-refractivity contribution in [1.29, 1.82) is 0 Å². The van der Waals surface area contributed by atoms with E-state index in [1.54, 1.807) is 0 Å². The molecule has 3 nitrogen and oxygen atoms in total. The van der Waals surface area contributed by atoms with Crippen LogP contribution >= 0.6 is 0 Å². The standard InChI is InChI=1S/C14H14N2O/c15-14(17)16-13-8-4-7-12(10-13)9-11-5-2-1-3-6-11/h1-8,10H,9H2,(H3,15,16,17). The first-order valence-electron chi connectivity index (χ1n) is 5.43. The molecule has 86 valence electrons. The molecule has 0 unspecified atom stereocenters. The molecule has 0 fully saturated rings. The van der Waals surface area contributed by atoms with Crippen molar-refractivity contribution in [3.8, 4) is 0 Å². The van der Waals surface area contributed by atoms with Crippen molar-refractivity contribution in [2.45, 2.75) is 6.42 Å². The summed E-state index contributed by atoms with van der Waals surface area (Å²) >= 11 is 0. The van der Waals surface area contributed by atoms with E-state index in [0.717, 1.165) is 17.7 Å². The van der Waals surface area contributed by atoms with Gasteiger partial charge in [-0.1, -0.05) is 42.5 Å². The van der Waals surface area contributed by atoms with Crippen molar-refractivity contribution >= 4 is 11.7 Å². The van der Waals surface area contributed by atoms with E-state index in [2.05, 4.69) is 17.4 Å². The van der Waals surface area contributed by atoms with Crippen LogP contribution in [0.3, 0.4) is 0 Å². The van der Waals surface area contributed by atoms with Gasteiger partial charge >= 0.3 is 6.03 Å². The van der Waals surface area contributed by atoms with Crippen LogP contribution in [0.1, 0.15) is 11.1 Å². The molecule has 0 radical (unpaired) electrons. The first kappa shape index (κ1) is 11.2. The van der Waals surface area contributed by atoms with Crippen LogP contribution < -0.4 is 11.1 Å². The van der Waals surface area contributed by atoms with Gasteiger partial charge in [-0.05, 0) is 29.7 Å². The zero-order valence-electron chi connectivity index (χ0n) is 9.39. The molecule has 3 N–H and O–H groups in total. The quantitative estimate of drug-likeness (QED) is 0.830. The van der Waals surface area contributed by atoms with Crippen molar-refractivity contribution in [3.05, 3.63) is 65.7 Å². The molecule has 0 bridgehead atoms. The van der Waals surface area contributed by atoms with E-state index in [9.17, 15) is 4.79 Å². The molecule has 0 saturated heterocycles. The van der Waals surface area contributed by atoms with Gasteiger partial charge in [0.25, 0.3) is 0 Å². The molecular weight excluding hydrogens is 212 g/mol. The van der Waals surface area contributed by atoms with Gasteiger partial charge in [-0.2, -0.15) is 0 Å². The highest BCUT2D eigenvalue weighted by Crippen LogP contribution is 2.14. The topological polar surface area (TPSA) is 55.1 Å². The molecule has 2 aromatic rings. The van der Waals surface area contributed by atoms with Crippen molar-refractivity contribution < 1.29 is 4.79 Å². The normalized spacial score (nSPS) is 9.88.